The Bertz CT molecular complexity index is 468. The summed E-state index contributed by atoms with van der Waals surface area (Å²) in [7, 11) is 0. The fourth-order valence-corrected chi connectivity index (χ4v) is 1.92. The van der Waals surface area contributed by atoms with Crippen LogP contribution in [0.3, 0.4) is 0 Å². The van der Waals surface area contributed by atoms with Crippen LogP contribution < -0.4 is 0 Å². The van der Waals surface area contributed by atoms with Gasteiger partial charge in [0.1, 0.15) is 6.33 Å². The SMILES string of the molecule is O=C(O)c1cc(Cc2cccs2)ncn1. The summed E-state index contributed by atoms with van der Waals surface area (Å²) in [6.07, 6.45) is 1.94. The zero-order valence-electron chi connectivity index (χ0n) is 7.75. The molecule has 15 heavy (non-hydrogen) atoms. The number of carboxylic acids is 1. The highest BCUT2D eigenvalue weighted by Gasteiger charge is 2.06. The maximum absolute atomic E-state index is 10.7. The van der Waals surface area contributed by atoms with Crippen LogP contribution in [0.25, 0.3) is 0 Å². The van der Waals surface area contributed by atoms with Gasteiger partial charge >= 0.3 is 5.97 Å². The molecule has 0 atom stereocenters. The lowest BCUT2D eigenvalue weighted by molar-refractivity contribution is 0.0690. The highest BCUT2D eigenvalue weighted by atomic mass is 32.1. The van der Waals surface area contributed by atoms with Crippen molar-refractivity contribution in [2.75, 3.05) is 0 Å². The minimum absolute atomic E-state index is 0.0385. The third-order valence-corrected chi connectivity index (χ3v) is 2.75. The molecule has 0 amide bonds. The predicted octanol–water partition coefficient (Wildman–Crippen LogP) is 1.83. The Kier molecular flexibility index (Phi) is 2.73. The van der Waals surface area contributed by atoms with E-state index in [2.05, 4.69) is 9.97 Å². The number of nitrogens with zero attached hydrogens (tertiary/aromatic N) is 2. The fraction of sp³-hybridized carbons (Fsp3) is 0.100. The van der Waals surface area contributed by atoms with Gasteiger partial charge in [-0.1, -0.05) is 6.07 Å². The van der Waals surface area contributed by atoms with E-state index < -0.39 is 5.97 Å². The molecule has 1 N–H and O–H groups in total. The van der Waals surface area contributed by atoms with Crippen molar-refractivity contribution in [3.63, 3.8) is 0 Å². The molecule has 0 aliphatic rings. The van der Waals surface area contributed by atoms with Gasteiger partial charge in [-0.3, -0.25) is 0 Å². The normalized spacial score (nSPS) is 10.1. The number of carboxylic acid groups (broad SMARTS) is 1. The molecular formula is C10H8N2O2S. The Hall–Kier alpha value is -1.75. The van der Waals surface area contributed by atoms with Crippen LogP contribution in [0.1, 0.15) is 21.1 Å². The van der Waals surface area contributed by atoms with E-state index in [4.69, 9.17) is 5.11 Å². The first-order valence-corrected chi connectivity index (χ1v) is 5.20. The molecule has 0 aliphatic carbocycles. The molecule has 0 bridgehead atoms. The van der Waals surface area contributed by atoms with E-state index in [1.54, 1.807) is 11.3 Å². The van der Waals surface area contributed by atoms with Gasteiger partial charge in [-0.25, -0.2) is 14.8 Å². The van der Waals surface area contributed by atoms with Crippen LogP contribution in [0.15, 0.2) is 29.9 Å². The van der Waals surface area contributed by atoms with Crippen molar-refractivity contribution in [1.29, 1.82) is 0 Å². The summed E-state index contributed by atoms with van der Waals surface area (Å²) >= 11 is 1.62. The summed E-state index contributed by atoms with van der Waals surface area (Å²) in [6.45, 7) is 0. The molecule has 0 unspecified atom stereocenters. The molecule has 0 saturated heterocycles. The number of aromatic carboxylic acids is 1. The first-order valence-electron chi connectivity index (χ1n) is 4.32. The standard InChI is InChI=1S/C10H8N2O2S/c13-10(14)9-5-7(11-6-12-9)4-8-2-1-3-15-8/h1-3,5-6H,4H2,(H,13,14). The van der Waals surface area contributed by atoms with Crippen LogP contribution in [-0.4, -0.2) is 21.0 Å². The first-order chi connectivity index (χ1) is 7.25. The van der Waals surface area contributed by atoms with Crippen LogP contribution >= 0.6 is 11.3 Å². The van der Waals surface area contributed by atoms with Crippen LogP contribution in [0.4, 0.5) is 0 Å². The molecule has 5 heteroatoms. The number of hydrogen-bond acceptors (Lipinski definition) is 4. The second-order valence-electron chi connectivity index (χ2n) is 2.96. The van der Waals surface area contributed by atoms with Gasteiger partial charge in [0.2, 0.25) is 0 Å². The molecule has 2 aromatic rings. The highest BCUT2D eigenvalue weighted by molar-refractivity contribution is 7.09. The lowest BCUT2D eigenvalue weighted by atomic mass is 10.2. The van der Waals surface area contributed by atoms with E-state index in [1.807, 2.05) is 17.5 Å². The van der Waals surface area contributed by atoms with Crippen LogP contribution in [0, 0.1) is 0 Å². The molecular weight excluding hydrogens is 212 g/mol. The molecule has 2 rings (SSSR count). The van der Waals surface area contributed by atoms with Crippen molar-refractivity contribution < 1.29 is 9.90 Å². The number of aromatic nitrogens is 2. The van der Waals surface area contributed by atoms with E-state index in [9.17, 15) is 4.79 Å². The maximum atomic E-state index is 10.7. The largest absolute Gasteiger partial charge is 0.477 e. The molecule has 0 radical (unpaired) electrons. The van der Waals surface area contributed by atoms with Gasteiger partial charge in [0.25, 0.3) is 0 Å². The van der Waals surface area contributed by atoms with Crippen molar-refractivity contribution in [2.45, 2.75) is 6.42 Å². The number of hydrogen-bond donors (Lipinski definition) is 1. The average molecular weight is 220 g/mol. The first kappa shape index (κ1) is 9.79. The van der Waals surface area contributed by atoms with Crippen LogP contribution in [-0.2, 0) is 6.42 Å². The van der Waals surface area contributed by atoms with E-state index in [0.717, 1.165) is 10.6 Å². The van der Waals surface area contributed by atoms with Gasteiger partial charge in [0.05, 0.1) is 0 Å². The van der Waals surface area contributed by atoms with Gasteiger partial charge in [0, 0.05) is 17.0 Å². The average Bonchev–Trinajstić information content (AvgIpc) is 2.71. The van der Waals surface area contributed by atoms with E-state index in [0.29, 0.717) is 6.42 Å². The maximum Gasteiger partial charge on any atom is 0.354 e. The zero-order chi connectivity index (χ0) is 10.7. The Morgan fingerprint density at radius 3 is 3.00 bits per heavy atom. The van der Waals surface area contributed by atoms with Crippen molar-refractivity contribution in [3.05, 3.63) is 46.2 Å². The lowest BCUT2D eigenvalue weighted by Crippen LogP contribution is -2.02. The third-order valence-electron chi connectivity index (χ3n) is 1.88. The van der Waals surface area contributed by atoms with E-state index in [1.165, 1.54) is 12.4 Å². The number of carbonyl (C=O) groups is 1. The fourth-order valence-electron chi connectivity index (χ4n) is 1.20. The third kappa shape index (κ3) is 2.38. The van der Waals surface area contributed by atoms with Crippen molar-refractivity contribution >= 4 is 17.3 Å². The monoisotopic (exact) mass is 220 g/mol. The van der Waals surface area contributed by atoms with Gasteiger partial charge in [-0.2, -0.15) is 0 Å². The second-order valence-corrected chi connectivity index (χ2v) is 3.99. The van der Waals surface area contributed by atoms with Gasteiger partial charge in [-0.15, -0.1) is 11.3 Å². The van der Waals surface area contributed by atoms with Crippen molar-refractivity contribution in [2.24, 2.45) is 0 Å². The molecule has 0 aliphatic heterocycles. The molecule has 0 aromatic carbocycles. The van der Waals surface area contributed by atoms with Crippen molar-refractivity contribution in [1.82, 2.24) is 9.97 Å². The van der Waals surface area contributed by atoms with Crippen molar-refractivity contribution in [3.8, 4) is 0 Å². The minimum atomic E-state index is -1.02. The molecule has 2 aromatic heterocycles. The molecule has 76 valence electrons. The summed E-state index contributed by atoms with van der Waals surface area (Å²) in [6, 6.07) is 5.45. The van der Waals surface area contributed by atoms with Gasteiger partial charge in [0.15, 0.2) is 5.69 Å². The van der Waals surface area contributed by atoms with E-state index >= 15 is 0 Å². The second kappa shape index (κ2) is 4.18. The smallest absolute Gasteiger partial charge is 0.354 e. The predicted molar refractivity (Wildman–Crippen MR) is 56.1 cm³/mol. The summed E-state index contributed by atoms with van der Waals surface area (Å²) in [5.41, 5.74) is 0.765. The molecule has 0 fully saturated rings. The minimum Gasteiger partial charge on any atom is -0.477 e. The van der Waals surface area contributed by atoms with Crippen LogP contribution in [0.5, 0.6) is 0 Å². The topological polar surface area (TPSA) is 63.1 Å². The van der Waals surface area contributed by atoms with Crippen LogP contribution in [0.2, 0.25) is 0 Å². The summed E-state index contributed by atoms with van der Waals surface area (Å²) in [5, 5.41) is 10.7. The van der Waals surface area contributed by atoms with E-state index in [-0.39, 0.29) is 5.69 Å². The molecule has 0 spiro atoms. The Balaban J connectivity index is 2.22. The molecule has 0 saturated carbocycles. The Morgan fingerprint density at radius 2 is 2.33 bits per heavy atom. The summed E-state index contributed by atoms with van der Waals surface area (Å²) in [5.74, 6) is -1.02. The molecule has 4 nitrogen and oxygen atoms in total. The van der Waals surface area contributed by atoms with Gasteiger partial charge < -0.3 is 5.11 Å². The number of rotatable bonds is 3. The zero-order valence-corrected chi connectivity index (χ0v) is 8.57. The number of thiophene rings is 1. The summed E-state index contributed by atoms with van der Waals surface area (Å²) in [4.78, 5) is 19.5. The summed E-state index contributed by atoms with van der Waals surface area (Å²) < 4.78 is 0. The van der Waals surface area contributed by atoms with Gasteiger partial charge in [-0.05, 0) is 17.5 Å². The molecule has 2 heterocycles. The Labute approximate surface area is 90.3 Å². The lowest BCUT2D eigenvalue weighted by Gasteiger charge is -1.98. The quantitative estimate of drug-likeness (QED) is 0.857. The Morgan fingerprint density at radius 1 is 1.47 bits per heavy atom. The highest BCUT2D eigenvalue weighted by Crippen LogP contribution is 2.13.